The Labute approximate surface area is 171 Å². The molecule has 1 atom stereocenters. The summed E-state index contributed by atoms with van der Waals surface area (Å²) in [7, 11) is 0. The van der Waals surface area contributed by atoms with E-state index in [0.29, 0.717) is 32.8 Å². The molecular formula is C20H16Cl2N4O2. The van der Waals surface area contributed by atoms with Crippen molar-refractivity contribution in [1.29, 1.82) is 0 Å². The zero-order valence-electron chi connectivity index (χ0n) is 14.9. The fraction of sp³-hybridized carbons (Fsp3) is 0.150. The van der Waals surface area contributed by atoms with Crippen molar-refractivity contribution in [3.05, 3.63) is 81.6 Å². The number of anilines is 1. The van der Waals surface area contributed by atoms with E-state index in [4.69, 9.17) is 27.9 Å². The number of hydrogen-bond donors (Lipinski definition) is 1. The summed E-state index contributed by atoms with van der Waals surface area (Å²) in [6.45, 7) is 2.01. The quantitative estimate of drug-likeness (QED) is 0.632. The first-order valence-corrected chi connectivity index (χ1v) is 9.44. The van der Waals surface area contributed by atoms with Crippen LogP contribution in [0.5, 0.6) is 0 Å². The molecule has 3 aromatic rings. The maximum absolute atomic E-state index is 13.0. The van der Waals surface area contributed by atoms with Gasteiger partial charge in [-0.3, -0.25) is 0 Å². The molecule has 0 saturated heterocycles. The van der Waals surface area contributed by atoms with Crippen LogP contribution in [0.25, 0.3) is 5.70 Å². The van der Waals surface area contributed by atoms with Crippen molar-refractivity contribution in [3.8, 4) is 0 Å². The molecule has 0 spiro atoms. The van der Waals surface area contributed by atoms with Gasteiger partial charge in [0.25, 0.3) is 0 Å². The van der Waals surface area contributed by atoms with E-state index in [9.17, 15) is 4.79 Å². The van der Waals surface area contributed by atoms with Gasteiger partial charge in [0, 0.05) is 15.6 Å². The molecule has 2 aromatic carbocycles. The van der Waals surface area contributed by atoms with Gasteiger partial charge in [-0.25, -0.2) is 9.48 Å². The lowest BCUT2D eigenvalue weighted by Gasteiger charge is -2.30. The fourth-order valence-corrected chi connectivity index (χ4v) is 3.74. The predicted molar refractivity (Wildman–Crippen MR) is 108 cm³/mol. The highest BCUT2D eigenvalue weighted by Crippen LogP contribution is 2.41. The number of ether oxygens (including phenoxy) is 1. The number of nitrogens with zero attached hydrogens (tertiary/aromatic N) is 3. The number of aromatic nitrogens is 3. The second-order valence-corrected chi connectivity index (χ2v) is 6.94. The Balaban J connectivity index is 1.99. The Kier molecular flexibility index (Phi) is 5.07. The summed E-state index contributed by atoms with van der Waals surface area (Å²) in [4.78, 5) is 17.3. The summed E-state index contributed by atoms with van der Waals surface area (Å²) in [5.41, 5.74) is 2.51. The van der Waals surface area contributed by atoms with Crippen LogP contribution < -0.4 is 5.32 Å². The van der Waals surface area contributed by atoms with Gasteiger partial charge in [-0.2, -0.15) is 10.1 Å². The molecule has 0 radical (unpaired) electrons. The molecule has 28 heavy (non-hydrogen) atoms. The first-order chi connectivity index (χ1) is 13.6. The van der Waals surface area contributed by atoms with Crippen LogP contribution in [0.1, 0.15) is 24.1 Å². The minimum absolute atomic E-state index is 0.246. The number of benzene rings is 2. The summed E-state index contributed by atoms with van der Waals surface area (Å²) in [5.74, 6) is 0.0499. The highest BCUT2D eigenvalue weighted by Gasteiger charge is 2.37. The van der Waals surface area contributed by atoms with E-state index < -0.39 is 12.0 Å². The molecule has 1 aliphatic heterocycles. The van der Waals surface area contributed by atoms with Crippen molar-refractivity contribution in [1.82, 2.24) is 14.8 Å². The molecule has 0 bridgehead atoms. The van der Waals surface area contributed by atoms with Gasteiger partial charge in [0.05, 0.1) is 17.9 Å². The lowest BCUT2D eigenvalue weighted by atomic mass is 9.93. The Bertz CT molecular complexity index is 1060. The van der Waals surface area contributed by atoms with E-state index in [0.717, 1.165) is 5.56 Å². The molecule has 0 saturated carbocycles. The normalized spacial score (nSPS) is 15.8. The van der Waals surface area contributed by atoms with Crippen LogP contribution in [0.3, 0.4) is 0 Å². The van der Waals surface area contributed by atoms with Gasteiger partial charge in [0.1, 0.15) is 12.4 Å². The van der Waals surface area contributed by atoms with Gasteiger partial charge >= 0.3 is 5.97 Å². The third-order valence-electron chi connectivity index (χ3n) is 4.41. The number of halogens is 2. The average Bonchev–Trinajstić information content (AvgIpc) is 3.16. The molecule has 1 aliphatic rings. The van der Waals surface area contributed by atoms with Crippen LogP contribution in [0.15, 0.2) is 60.4 Å². The number of carbonyl (C=O) groups excluding carboxylic acids is 1. The summed E-state index contributed by atoms with van der Waals surface area (Å²) < 4.78 is 6.99. The van der Waals surface area contributed by atoms with E-state index in [1.807, 2.05) is 30.3 Å². The number of fused-ring (bicyclic) bond motifs is 1. The minimum Gasteiger partial charge on any atom is -0.463 e. The van der Waals surface area contributed by atoms with E-state index in [-0.39, 0.29) is 6.61 Å². The van der Waals surface area contributed by atoms with E-state index in [2.05, 4.69) is 15.4 Å². The molecular weight excluding hydrogens is 399 g/mol. The van der Waals surface area contributed by atoms with Crippen molar-refractivity contribution in [2.45, 2.75) is 13.0 Å². The van der Waals surface area contributed by atoms with E-state index in [1.54, 1.807) is 29.8 Å². The van der Waals surface area contributed by atoms with Crippen molar-refractivity contribution in [2.75, 3.05) is 11.9 Å². The van der Waals surface area contributed by atoms with Crippen LogP contribution >= 0.6 is 23.2 Å². The highest BCUT2D eigenvalue weighted by atomic mass is 35.5. The van der Waals surface area contributed by atoms with Crippen molar-refractivity contribution >= 4 is 40.8 Å². The molecule has 1 N–H and O–H groups in total. The second-order valence-electron chi connectivity index (χ2n) is 6.10. The van der Waals surface area contributed by atoms with Gasteiger partial charge < -0.3 is 10.1 Å². The summed E-state index contributed by atoms with van der Waals surface area (Å²) in [5, 5.41) is 8.45. The van der Waals surface area contributed by atoms with Gasteiger partial charge in [0.15, 0.2) is 0 Å². The van der Waals surface area contributed by atoms with Crippen LogP contribution in [-0.4, -0.2) is 27.3 Å². The molecule has 0 amide bonds. The van der Waals surface area contributed by atoms with Crippen molar-refractivity contribution < 1.29 is 9.53 Å². The molecule has 0 fully saturated rings. The summed E-state index contributed by atoms with van der Waals surface area (Å²) in [6.07, 6.45) is 1.43. The van der Waals surface area contributed by atoms with E-state index >= 15 is 0 Å². The maximum atomic E-state index is 13.0. The molecule has 6 nitrogen and oxygen atoms in total. The molecule has 0 unspecified atom stereocenters. The topological polar surface area (TPSA) is 69.0 Å². The van der Waals surface area contributed by atoms with Crippen LogP contribution in [-0.2, 0) is 9.53 Å². The Morgan fingerprint density at radius 3 is 2.71 bits per heavy atom. The highest BCUT2D eigenvalue weighted by molar-refractivity contribution is 6.35. The zero-order valence-corrected chi connectivity index (χ0v) is 16.4. The summed E-state index contributed by atoms with van der Waals surface area (Å²) >= 11 is 12.6. The van der Waals surface area contributed by atoms with Crippen LogP contribution in [0.2, 0.25) is 10.0 Å². The van der Waals surface area contributed by atoms with Crippen LogP contribution in [0, 0.1) is 0 Å². The third kappa shape index (κ3) is 3.25. The SMILES string of the molecule is CCOC(=O)C1=C(c2ccccc2)Nc2ncnn2[C@@H]1c1ccc(Cl)cc1Cl. The molecule has 1 aromatic heterocycles. The number of carbonyl (C=O) groups is 1. The second kappa shape index (κ2) is 7.66. The Morgan fingerprint density at radius 2 is 2.00 bits per heavy atom. The van der Waals surface area contributed by atoms with Gasteiger partial charge in [-0.1, -0.05) is 59.6 Å². The third-order valence-corrected chi connectivity index (χ3v) is 4.97. The molecule has 8 heteroatoms. The Morgan fingerprint density at radius 1 is 1.21 bits per heavy atom. The molecule has 2 heterocycles. The van der Waals surface area contributed by atoms with Crippen LogP contribution in [0.4, 0.5) is 5.95 Å². The standard InChI is InChI=1S/C20H16Cl2N4O2/c1-2-28-19(27)16-17(12-6-4-3-5-7-12)25-20-23-11-24-26(20)18(16)14-9-8-13(21)10-15(14)22/h3-11,18H,2H2,1H3,(H,23,24,25)/t18-/m1/s1. The van der Waals surface area contributed by atoms with Gasteiger partial charge in [0.2, 0.25) is 5.95 Å². The fourth-order valence-electron chi connectivity index (χ4n) is 3.23. The average molecular weight is 415 g/mol. The first-order valence-electron chi connectivity index (χ1n) is 8.68. The first kappa shape index (κ1) is 18.5. The lowest BCUT2D eigenvalue weighted by Crippen LogP contribution is -2.30. The molecule has 4 rings (SSSR count). The molecule has 0 aliphatic carbocycles. The number of nitrogens with one attached hydrogen (secondary N) is 1. The maximum Gasteiger partial charge on any atom is 0.338 e. The number of hydrogen-bond acceptors (Lipinski definition) is 5. The van der Waals surface area contributed by atoms with Gasteiger partial charge in [-0.15, -0.1) is 0 Å². The van der Waals surface area contributed by atoms with Crippen molar-refractivity contribution in [3.63, 3.8) is 0 Å². The molecule has 142 valence electrons. The van der Waals surface area contributed by atoms with Gasteiger partial charge in [-0.05, 0) is 24.6 Å². The zero-order chi connectivity index (χ0) is 19.7. The number of rotatable bonds is 4. The predicted octanol–water partition coefficient (Wildman–Crippen LogP) is 4.57. The number of esters is 1. The van der Waals surface area contributed by atoms with Crippen molar-refractivity contribution in [2.24, 2.45) is 0 Å². The smallest absolute Gasteiger partial charge is 0.338 e. The Hall–Kier alpha value is -2.83. The monoisotopic (exact) mass is 414 g/mol. The van der Waals surface area contributed by atoms with E-state index in [1.165, 1.54) is 6.33 Å². The largest absolute Gasteiger partial charge is 0.463 e. The lowest BCUT2D eigenvalue weighted by molar-refractivity contribution is -0.138. The minimum atomic E-state index is -0.613. The summed E-state index contributed by atoms with van der Waals surface area (Å²) in [6, 6.07) is 14.1.